The minimum atomic E-state index is 1.00. The van der Waals surface area contributed by atoms with Gasteiger partial charge in [0.25, 0.3) is 0 Å². The molecule has 0 spiro atoms. The van der Waals surface area contributed by atoms with E-state index < -0.39 is 0 Å². The molecule has 20 heavy (non-hydrogen) atoms. The monoisotopic (exact) mass is 376 g/mol. The SMILES string of the molecule is Ic1cccc(N=Cc2ccc(N3CCCC3)cc2)c1. The van der Waals surface area contributed by atoms with E-state index in [9.17, 15) is 0 Å². The fourth-order valence-electron chi connectivity index (χ4n) is 2.45. The molecule has 3 rings (SSSR count). The maximum Gasteiger partial charge on any atom is 0.0640 e. The summed E-state index contributed by atoms with van der Waals surface area (Å²) in [5.74, 6) is 0. The molecule has 102 valence electrons. The highest BCUT2D eigenvalue weighted by molar-refractivity contribution is 14.1. The van der Waals surface area contributed by atoms with E-state index in [0.717, 1.165) is 11.3 Å². The number of anilines is 1. The van der Waals surface area contributed by atoms with Gasteiger partial charge < -0.3 is 4.90 Å². The van der Waals surface area contributed by atoms with Gasteiger partial charge in [0.1, 0.15) is 0 Å². The fraction of sp³-hybridized carbons (Fsp3) is 0.235. The lowest BCUT2D eigenvalue weighted by molar-refractivity contribution is 0.949. The Labute approximate surface area is 133 Å². The van der Waals surface area contributed by atoms with Crippen LogP contribution in [0.1, 0.15) is 18.4 Å². The third-order valence-electron chi connectivity index (χ3n) is 3.54. The van der Waals surface area contributed by atoms with Crippen LogP contribution in [0, 0.1) is 3.57 Å². The van der Waals surface area contributed by atoms with Crippen LogP contribution in [0.15, 0.2) is 53.5 Å². The van der Waals surface area contributed by atoms with E-state index in [0.29, 0.717) is 0 Å². The Kier molecular flexibility index (Phi) is 4.35. The number of nitrogens with zero attached hydrogens (tertiary/aromatic N) is 2. The van der Waals surface area contributed by atoms with Gasteiger partial charge in [-0.3, -0.25) is 4.99 Å². The molecule has 1 heterocycles. The van der Waals surface area contributed by atoms with E-state index in [2.05, 4.69) is 68.9 Å². The Morgan fingerprint density at radius 2 is 1.75 bits per heavy atom. The highest BCUT2D eigenvalue weighted by Gasteiger charge is 2.11. The first kappa shape index (κ1) is 13.6. The molecular weight excluding hydrogens is 359 g/mol. The van der Waals surface area contributed by atoms with Crippen LogP contribution in [-0.4, -0.2) is 19.3 Å². The average molecular weight is 376 g/mol. The van der Waals surface area contributed by atoms with Gasteiger partial charge in [0.05, 0.1) is 5.69 Å². The van der Waals surface area contributed by atoms with Crippen molar-refractivity contribution in [3.8, 4) is 0 Å². The Balaban J connectivity index is 1.71. The quantitative estimate of drug-likeness (QED) is 0.563. The third-order valence-corrected chi connectivity index (χ3v) is 4.21. The molecule has 2 aromatic rings. The Hall–Kier alpha value is -1.36. The van der Waals surface area contributed by atoms with Crippen molar-refractivity contribution in [1.82, 2.24) is 0 Å². The van der Waals surface area contributed by atoms with Crippen molar-refractivity contribution in [3.05, 3.63) is 57.7 Å². The van der Waals surface area contributed by atoms with Crippen molar-refractivity contribution in [2.24, 2.45) is 4.99 Å². The standard InChI is InChI=1S/C17H17IN2/c18-15-4-3-5-16(12-15)19-13-14-6-8-17(9-7-14)20-10-1-2-11-20/h3-9,12-13H,1-2,10-11H2. The lowest BCUT2D eigenvalue weighted by Gasteiger charge is -2.17. The molecule has 0 radical (unpaired) electrons. The van der Waals surface area contributed by atoms with Gasteiger partial charge in [-0.1, -0.05) is 18.2 Å². The van der Waals surface area contributed by atoms with Crippen LogP contribution in [0.5, 0.6) is 0 Å². The van der Waals surface area contributed by atoms with Gasteiger partial charge in [0.2, 0.25) is 0 Å². The zero-order valence-corrected chi connectivity index (χ0v) is 13.5. The van der Waals surface area contributed by atoms with Crippen LogP contribution in [-0.2, 0) is 0 Å². The van der Waals surface area contributed by atoms with Crippen molar-refractivity contribution in [2.75, 3.05) is 18.0 Å². The maximum atomic E-state index is 4.52. The predicted molar refractivity (Wildman–Crippen MR) is 94.3 cm³/mol. The van der Waals surface area contributed by atoms with Crippen LogP contribution in [0.25, 0.3) is 0 Å². The van der Waals surface area contributed by atoms with Gasteiger partial charge in [-0.25, -0.2) is 0 Å². The number of hydrogen-bond donors (Lipinski definition) is 0. The summed E-state index contributed by atoms with van der Waals surface area (Å²) in [6, 6.07) is 16.9. The average Bonchev–Trinajstić information content (AvgIpc) is 3.00. The highest BCUT2D eigenvalue weighted by atomic mass is 127. The van der Waals surface area contributed by atoms with Gasteiger partial charge in [-0.2, -0.15) is 0 Å². The first-order valence-electron chi connectivity index (χ1n) is 6.96. The molecule has 0 bridgehead atoms. The van der Waals surface area contributed by atoms with Crippen LogP contribution in [0.4, 0.5) is 11.4 Å². The predicted octanol–water partition coefficient (Wildman–Crippen LogP) is 4.64. The Bertz CT molecular complexity index is 599. The van der Waals surface area contributed by atoms with Crippen molar-refractivity contribution in [3.63, 3.8) is 0 Å². The van der Waals surface area contributed by atoms with E-state index in [1.165, 1.54) is 35.2 Å². The second-order valence-corrected chi connectivity index (χ2v) is 6.27. The number of aliphatic imine (C=N–C) groups is 1. The van der Waals surface area contributed by atoms with Crippen LogP contribution in [0.2, 0.25) is 0 Å². The maximum absolute atomic E-state index is 4.52. The summed E-state index contributed by atoms with van der Waals surface area (Å²) in [6.07, 6.45) is 4.56. The summed E-state index contributed by atoms with van der Waals surface area (Å²) in [5, 5.41) is 0. The molecule has 1 saturated heterocycles. The fourth-order valence-corrected chi connectivity index (χ4v) is 2.98. The minimum Gasteiger partial charge on any atom is -0.372 e. The highest BCUT2D eigenvalue weighted by Crippen LogP contribution is 2.20. The molecule has 0 aliphatic carbocycles. The largest absolute Gasteiger partial charge is 0.372 e. The normalized spacial score (nSPS) is 15.2. The molecule has 1 fully saturated rings. The van der Waals surface area contributed by atoms with Gasteiger partial charge in [-0.05, 0) is 71.3 Å². The van der Waals surface area contributed by atoms with Crippen LogP contribution in [0.3, 0.4) is 0 Å². The molecule has 0 N–H and O–H groups in total. The number of rotatable bonds is 3. The summed E-state index contributed by atoms with van der Waals surface area (Å²) in [5.41, 5.74) is 3.47. The van der Waals surface area contributed by atoms with Gasteiger partial charge in [-0.15, -0.1) is 0 Å². The van der Waals surface area contributed by atoms with E-state index >= 15 is 0 Å². The molecule has 2 nitrogen and oxygen atoms in total. The van der Waals surface area contributed by atoms with E-state index in [4.69, 9.17) is 0 Å². The molecule has 2 aromatic carbocycles. The van der Waals surface area contributed by atoms with Gasteiger partial charge in [0, 0.05) is 28.6 Å². The summed E-state index contributed by atoms with van der Waals surface area (Å²) in [7, 11) is 0. The summed E-state index contributed by atoms with van der Waals surface area (Å²) < 4.78 is 1.21. The van der Waals surface area contributed by atoms with E-state index in [1.54, 1.807) is 0 Å². The Morgan fingerprint density at radius 3 is 2.45 bits per heavy atom. The summed E-state index contributed by atoms with van der Waals surface area (Å²) in [6.45, 7) is 2.38. The molecule has 0 amide bonds. The first-order valence-corrected chi connectivity index (χ1v) is 8.04. The lowest BCUT2D eigenvalue weighted by Crippen LogP contribution is -2.17. The number of benzene rings is 2. The first-order chi connectivity index (χ1) is 9.81. The molecule has 1 aliphatic heterocycles. The molecular formula is C17H17IN2. The number of halogens is 1. The minimum absolute atomic E-state index is 1.00. The molecule has 0 atom stereocenters. The van der Waals surface area contributed by atoms with E-state index in [-0.39, 0.29) is 0 Å². The Morgan fingerprint density at radius 1 is 1.00 bits per heavy atom. The van der Waals surface area contributed by atoms with Crippen molar-refractivity contribution < 1.29 is 0 Å². The van der Waals surface area contributed by atoms with Crippen molar-refractivity contribution in [1.29, 1.82) is 0 Å². The van der Waals surface area contributed by atoms with Crippen molar-refractivity contribution >= 4 is 40.2 Å². The molecule has 0 saturated carbocycles. The summed E-state index contributed by atoms with van der Waals surface area (Å²) in [4.78, 5) is 6.97. The molecule has 0 unspecified atom stereocenters. The van der Waals surface area contributed by atoms with Gasteiger partial charge in [0.15, 0.2) is 0 Å². The second kappa shape index (κ2) is 6.39. The second-order valence-electron chi connectivity index (χ2n) is 5.02. The van der Waals surface area contributed by atoms with Gasteiger partial charge >= 0.3 is 0 Å². The number of hydrogen-bond acceptors (Lipinski definition) is 2. The topological polar surface area (TPSA) is 15.6 Å². The molecule has 0 aromatic heterocycles. The lowest BCUT2D eigenvalue weighted by atomic mass is 10.2. The molecule has 3 heteroatoms. The van der Waals surface area contributed by atoms with Crippen LogP contribution < -0.4 is 4.90 Å². The zero-order valence-electron chi connectivity index (χ0n) is 11.3. The summed E-state index contributed by atoms with van der Waals surface area (Å²) >= 11 is 2.31. The smallest absolute Gasteiger partial charge is 0.0640 e. The molecule has 1 aliphatic rings. The van der Waals surface area contributed by atoms with Crippen LogP contribution >= 0.6 is 22.6 Å². The zero-order chi connectivity index (χ0) is 13.8. The van der Waals surface area contributed by atoms with E-state index in [1.807, 2.05) is 18.3 Å². The van der Waals surface area contributed by atoms with Crippen molar-refractivity contribution in [2.45, 2.75) is 12.8 Å². The third kappa shape index (κ3) is 3.39.